The molecule has 1 aliphatic rings. The Labute approximate surface area is 127 Å². The van der Waals surface area contributed by atoms with Crippen molar-refractivity contribution in [1.29, 1.82) is 0 Å². The van der Waals surface area contributed by atoms with Crippen molar-refractivity contribution in [2.24, 2.45) is 0 Å². The third-order valence-electron chi connectivity index (χ3n) is 3.07. The van der Waals surface area contributed by atoms with Gasteiger partial charge in [0.1, 0.15) is 5.75 Å². The van der Waals surface area contributed by atoms with Crippen molar-refractivity contribution in [2.45, 2.75) is 11.4 Å². The second-order valence-corrected chi connectivity index (χ2v) is 6.56. The van der Waals surface area contributed by atoms with Crippen molar-refractivity contribution in [3.8, 4) is 5.75 Å². The number of rotatable bonds is 2. The second kappa shape index (κ2) is 5.19. The van der Waals surface area contributed by atoms with Crippen LogP contribution in [0.5, 0.6) is 5.75 Å². The van der Waals surface area contributed by atoms with Crippen LogP contribution in [0.25, 0.3) is 0 Å². The van der Waals surface area contributed by atoms with Gasteiger partial charge in [0.05, 0.1) is 22.2 Å². The van der Waals surface area contributed by atoms with E-state index in [1.807, 2.05) is 0 Å². The van der Waals surface area contributed by atoms with Crippen LogP contribution >= 0.6 is 11.6 Å². The molecule has 1 aliphatic heterocycles. The van der Waals surface area contributed by atoms with E-state index in [2.05, 4.69) is 10.3 Å². The predicted molar refractivity (Wildman–Crippen MR) is 79.0 cm³/mol. The van der Waals surface area contributed by atoms with E-state index < -0.39 is 10.0 Å². The highest BCUT2D eigenvalue weighted by Crippen LogP contribution is 2.30. The molecular weight excluding hydrogens is 314 g/mol. The Morgan fingerprint density at radius 1 is 1.19 bits per heavy atom. The molecule has 2 aromatic carbocycles. The summed E-state index contributed by atoms with van der Waals surface area (Å²) in [6.45, 7) is 0.159. The standard InChI is InChI=1S/C13H12ClN3O3S/c14-10-4-1-2-5-11(10)15-17-8-9-12(18)6-3-7-13(9)21(19,20)16-17/h1-7,15-16,18H,8H2. The van der Waals surface area contributed by atoms with Crippen molar-refractivity contribution in [3.63, 3.8) is 0 Å². The third-order valence-corrected chi connectivity index (χ3v) is 4.83. The quantitative estimate of drug-likeness (QED) is 0.787. The van der Waals surface area contributed by atoms with Crippen molar-refractivity contribution in [1.82, 2.24) is 9.95 Å². The molecular formula is C13H12ClN3O3S. The first-order valence-electron chi connectivity index (χ1n) is 6.09. The molecule has 0 bridgehead atoms. The number of nitrogens with zero attached hydrogens (tertiary/aromatic N) is 1. The Hall–Kier alpha value is -1.80. The molecule has 1 heterocycles. The van der Waals surface area contributed by atoms with Crippen molar-refractivity contribution < 1.29 is 13.5 Å². The fourth-order valence-electron chi connectivity index (χ4n) is 2.11. The van der Waals surface area contributed by atoms with E-state index in [9.17, 15) is 13.5 Å². The molecule has 110 valence electrons. The first-order chi connectivity index (χ1) is 9.97. The number of fused-ring (bicyclic) bond motifs is 1. The Balaban J connectivity index is 1.95. The molecule has 0 amide bonds. The fourth-order valence-corrected chi connectivity index (χ4v) is 3.54. The first-order valence-corrected chi connectivity index (χ1v) is 7.95. The lowest BCUT2D eigenvalue weighted by Crippen LogP contribution is -2.48. The molecule has 0 saturated heterocycles. The zero-order chi connectivity index (χ0) is 15.0. The molecule has 0 radical (unpaired) electrons. The molecule has 0 aliphatic carbocycles. The summed E-state index contributed by atoms with van der Waals surface area (Å²) in [7, 11) is -3.74. The maximum atomic E-state index is 12.2. The molecule has 0 atom stereocenters. The number of nitrogens with one attached hydrogen (secondary N) is 2. The lowest BCUT2D eigenvalue weighted by molar-refractivity contribution is 0.266. The summed E-state index contributed by atoms with van der Waals surface area (Å²) >= 11 is 6.03. The molecule has 3 rings (SSSR count). The third kappa shape index (κ3) is 2.68. The molecule has 8 heteroatoms. The van der Waals surface area contributed by atoms with Crippen LogP contribution in [0, 0.1) is 0 Å². The van der Waals surface area contributed by atoms with Crippen LogP contribution in [0.4, 0.5) is 5.69 Å². The molecule has 2 aromatic rings. The van der Waals surface area contributed by atoms with Gasteiger partial charge in [0.15, 0.2) is 0 Å². The fraction of sp³-hybridized carbons (Fsp3) is 0.0769. The van der Waals surface area contributed by atoms with Gasteiger partial charge in [-0.25, -0.2) is 8.42 Å². The van der Waals surface area contributed by atoms with Crippen molar-refractivity contribution in [2.75, 3.05) is 5.43 Å². The first kappa shape index (κ1) is 14.2. The number of phenols is 1. The largest absolute Gasteiger partial charge is 0.508 e. The van der Waals surface area contributed by atoms with E-state index in [1.165, 1.54) is 23.3 Å². The molecule has 6 nitrogen and oxygen atoms in total. The highest BCUT2D eigenvalue weighted by molar-refractivity contribution is 7.89. The topological polar surface area (TPSA) is 81.7 Å². The number of halogens is 1. The minimum absolute atomic E-state index is 0.0662. The van der Waals surface area contributed by atoms with Gasteiger partial charge in [0.25, 0.3) is 10.0 Å². The zero-order valence-corrected chi connectivity index (χ0v) is 12.3. The van der Waals surface area contributed by atoms with Crippen LogP contribution in [0.1, 0.15) is 5.56 Å². The Morgan fingerprint density at radius 2 is 1.95 bits per heavy atom. The van der Waals surface area contributed by atoms with Crippen LogP contribution in [0.2, 0.25) is 5.02 Å². The predicted octanol–water partition coefficient (Wildman–Crippen LogP) is 2.08. The second-order valence-electron chi connectivity index (χ2n) is 4.53. The van der Waals surface area contributed by atoms with Gasteiger partial charge in [-0.3, -0.25) is 0 Å². The molecule has 0 spiro atoms. The van der Waals surface area contributed by atoms with Gasteiger partial charge < -0.3 is 10.5 Å². The molecule has 0 aromatic heterocycles. The van der Waals surface area contributed by atoms with Crippen LogP contribution in [0.3, 0.4) is 0 Å². The summed E-state index contributed by atoms with van der Waals surface area (Å²) in [5.74, 6) is -0.0662. The summed E-state index contributed by atoms with van der Waals surface area (Å²) in [5.41, 5.74) is 3.76. The summed E-state index contributed by atoms with van der Waals surface area (Å²) in [5, 5.41) is 11.6. The Bertz CT molecular complexity index is 795. The van der Waals surface area contributed by atoms with Crippen molar-refractivity contribution in [3.05, 3.63) is 53.1 Å². The number of aromatic hydroxyl groups is 1. The summed E-state index contributed by atoms with van der Waals surface area (Å²) in [6, 6.07) is 11.3. The Kier molecular flexibility index (Phi) is 3.50. The smallest absolute Gasteiger partial charge is 0.255 e. The van der Waals surface area contributed by atoms with E-state index in [-0.39, 0.29) is 17.2 Å². The van der Waals surface area contributed by atoms with E-state index in [0.717, 1.165) is 0 Å². The molecule has 21 heavy (non-hydrogen) atoms. The van der Waals surface area contributed by atoms with Gasteiger partial charge in [-0.15, -0.1) is 9.95 Å². The molecule has 0 fully saturated rings. The maximum absolute atomic E-state index is 12.2. The van der Waals surface area contributed by atoms with Gasteiger partial charge in [0.2, 0.25) is 0 Å². The molecule has 0 unspecified atom stereocenters. The number of hydrogen-bond donors (Lipinski definition) is 3. The normalized spacial score (nSPS) is 17.2. The van der Waals surface area contributed by atoms with Gasteiger partial charge in [0, 0.05) is 5.56 Å². The SMILES string of the molecule is O=S1(=O)NN(Nc2ccccc2Cl)Cc2c(O)cccc21. The van der Waals surface area contributed by atoms with Crippen molar-refractivity contribution >= 4 is 27.3 Å². The van der Waals surface area contributed by atoms with Crippen LogP contribution in [-0.4, -0.2) is 18.6 Å². The lowest BCUT2D eigenvalue weighted by atomic mass is 10.2. The van der Waals surface area contributed by atoms with E-state index in [0.29, 0.717) is 16.3 Å². The number of hydrazine groups is 2. The number of sulfonamides is 1. The minimum atomic E-state index is -3.74. The van der Waals surface area contributed by atoms with E-state index in [4.69, 9.17) is 11.6 Å². The van der Waals surface area contributed by atoms with Gasteiger partial charge in [-0.2, -0.15) is 0 Å². The number of phenolic OH excluding ortho intramolecular Hbond substituents is 1. The average molecular weight is 326 g/mol. The van der Waals surface area contributed by atoms with E-state index in [1.54, 1.807) is 24.3 Å². The van der Waals surface area contributed by atoms with Gasteiger partial charge >= 0.3 is 0 Å². The lowest BCUT2D eigenvalue weighted by Gasteiger charge is -2.30. The Morgan fingerprint density at radius 3 is 2.71 bits per heavy atom. The highest BCUT2D eigenvalue weighted by Gasteiger charge is 2.30. The van der Waals surface area contributed by atoms with Gasteiger partial charge in [-0.1, -0.05) is 29.8 Å². The highest BCUT2D eigenvalue weighted by atomic mass is 35.5. The monoisotopic (exact) mass is 325 g/mol. The molecule has 3 N–H and O–H groups in total. The number of hydrogen-bond acceptors (Lipinski definition) is 5. The van der Waals surface area contributed by atoms with E-state index >= 15 is 0 Å². The number of benzene rings is 2. The summed E-state index contributed by atoms with van der Waals surface area (Å²) in [6.07, 6.45) is 0. The minimum Gasteiger partial charge on any atom is -0.508 e. The molecule has 0 saturated carbocycles. The summed E-state index contributed by atoms with van der Waals surface area (Å²) in [4.78, 5) is 2.45. The van der Waals surface area contributed by atoms with Gasteiger partial charge in [-0.05, 0) is 24.3 Å². The van der Waals surface area contributed by atoms with Crippen LogP contribution in [0.15, 0.2) is 47.4 Å². The number of para-hydroxylation sites is 1. The maximum Gasteiger partial charge on any atom is 0.255 e. The average Bonchev–Trinajstić information content (AvgIpc) is 2.42. The van der Waals surface area contributed by atoms with Crippen LogP contribution in [-0.2, 0) is 16.6 Å². The van der Waals surface area contributed by atoms with Crippen LogP contribution < -0.4 is 10.3 Å². The number of anilines is 1. The zero-order valence-electron chi connectivity index (χ0n) is 10.7. The summed E-state index contributed by atoms with van der Waals surface area (Å²) < 4.78 is 24.3.